The Hall–Kier alpha value is -2.44. The normalized spacial score (nSPS) is 31.1. The van der Waals surface area contributed by atoms with Crippen molar-refractivity contribution in [3.05, 3.63) is 35.1 Å². The van der Waals surface area contributed by atoms with Gasteiger partial charge in [0.05, 0.1) is 55.7 Å². The van der Waals surface area contributed by atoms with Gasteiger partial charge in [-0.25, -0.2) is 9.18 Å². The summed E-state index contributed by atoms with van der Waals surface area (Å²) in [6.07, 6.45) is -3.39. The second kappa shape index (κ2) is 9.55. The number of morpholine rings is 2. The van der Waals surface area contributed by atoms with Crippen LogP contribution in [0.2, 0.25) is 0 Å². The third-order valence-electron chi connectivity index (χ3n) is 7.15. The van der Waals surface area contributed by atoms with E-state index < -0.39 is 17.6 Å². The molecule has 192 valence electrons. The molecule has 4 fully saturated rings. The molecule has 0 aromatic heterocycles. The van der Waals surface area contributed by atoms with E-state index >= 15 is 0 Å². The van der Waals surface area contributed by atoms with Gasteiger partial charge in [-0.2, -0.15) is 13.2 Å². The Morgan fingerprint density at radius 1 is 1.20 bits per heavy atom. The Kier molecular flexibility index (Phi) is 6.62. The maximum absolute atomic E-state index is 14.2. The van der Waals surface area contributed by atoms with Crippen LogP contribution in [0.1, 0.15) is 30.4 Å². The maximum atomic E-state index is 14.2. The lowest BCUT2D eigenvalue weighted by Crippen LogP contribution is -2.66. The first kappa shape index (κ1) is 24.3. The van der Waals surface area contributed by atoms with Crippen molar-refractivity contribution in [1.29, 1.82) is 0 Å². The van der Waals surface area contributed by atoms with Crippen molar-refractivity contribution in [3.63, 3.8) is 0 Å². The van der Waals surface area contributed by atoms with Gasteiger partial charge in [0, 0.05) is 18.7 Å². The first-order valence-corrected chi connectivity index (χ1v) is 11.7. The molecule has 4 saturated heterocycles. The van der Waals surface area contributed by atoms with Crippen LogP contribution in [-0.4, -0.2) is 85.0 Å². The van der Waals surface area contributed by atoms with Gasteiger partial charge in [0.2, 0.25) is 5.91 Å². The average molecular weight is 501 g/mol. The molecule has 5 atom stereocenters. The average Bonchev–Trinajstić information content (AvgIpc) is 2.81. The van der Waals surface area contributed by atoms with E-state index in [0.717, 1.165) is 12.1 Å². The zero-order valence-corrected chi connectivity index (χ0v) is 18.9. The fourth-order valence-corrected chi connectivity index (χ4v) is 5.40. The molecule has 4 aliphatic heterocycles. The van der Waals surface area contributed by atoms with E-state index in [1.165, 1.54) is 0 Å². The molecule has 5 rings (SSSR count). The molecule has 4 aliphatic rings. The molecule has 1 aromatic rings. The predicted octanol–water partition coefficient (Wildman–Crippen LogP) is 2.30. The first-order chi connectivity index (χ1) is 16.7. The largest absolute Gasteiger partial charge is 0.416 e. The number of likely N-dealkylation sites (tertiary alicyclic amines) is 1. The quantitative estimate of drug-likeness (QED) is 0.644. The molecule has 3 amide bonds. The van der Waals surface area contributed by atoms with Crippen molar-refractivity contribution in [3.8, 4) is 0 Å². The summed E-state index contributed by atoms with van der Waals surface area (Å²) in [6, 6.07) is 1.61. The van der Waals surface area contributed by atoms with Gasteiger partial charge in [0.1, 0.15) is 12.4 Å². The molecule has 12 heteroatoms. The molecular weight excluding hydrogens is 474 g/mol. The van der Waals surface area contributed by atoms with Crippen LogP contribution in [0.4, 0.5) is 22.4 Å². The van der Waals surface area contributed by atoms with Gasteiger partial charge >= 0.3 is 12.2 Å². The molecule has 0 aliphatic carbocycles. The molecule has 8 nitrogen and oxygen atoms in total. The number of ether oxygens (including phenoxy) is 3. The van der Waals surface area contributed by atoms with E-state index in [0.29, 0.717) is 51.6 Å². The number of hydrogen-bond donors (Lipinski definition) is 1. The summed E-state index contributed by atoms with van der Waals surface area (Å²) < 4.78 is 69.6. The van der Waals surface area contributed by atoms with E-state index in [-0.39, 0.29) is 61.0 Å². The van der Waals surface area contributed by atoms with Gasteiger partial charge in [-0.15, -0.1) is 0 Å². The molecule has 2 bridgehead atoms. The Labute approximate surface area is 199 Å². The molecule has 0 unspecified atom stereocenters. The standard InChI is InChI=1S/C23H27F4N3O5/c24-18-5-14(23(25,26)27)2-1-13(18)9-34-17-6-15-10-33-11-16(7-17)30(15)22(32)29-4-3-20-19(8-29)28-21(31)12-35-20/h1-2,5,15-17,19-20H,3-4,6-12H2,(H,28,31)/t15-,16+,17-,19-,20+/m1/s1. The third-order valence-corrected chi connectivity index (χ3v) is 7.15. The van der Waals surface area contributed by atoms with Gasteiger partial charge in [-0.05, 0) is 31.4 Å². The van der Waals surface area contributed by atoms with Gasteiger partial charge < -0.3 is 29.3 Å². The highest BCUT2D eigenvalue weighted by atomic mass is 19.4. The van der Waals surface area contributed by atoms with E-state index in [4.69, 9.17) is 14.2 Å². The minimum Gasteiger partial charge on any atom is -0.377 e. The van der Waals surface area contributed by atoms with E-state index in [1.807, 2.05) is 4.90 Å². The zero-order valence-electron chi connectivity index (χ0n) is 18.9. The molecule has 1 N–H and O–H groups in total. The minimum atomic E-state index is -4.61. The number of halogens is 4. The number of alkyl halides is 3. The van der Waals surface area contributed by atoms with Crippen molar-refractivity contribution >= 4 is 11.9 Å². The van der Waals surface area contributed by atoms with Gasteiger partial charge in [-0.3, -0.25) is 4.79 Å². The number of benzene rings is 1. The number of hydrogen-bond acceptors (Lipinski definition) is 5. The zero-order chi connectivity index (χ0) is 24.7. The summed E-state index contributed by atoms with van der Waals surface area (Å²) in [5.74, 6) is -1.15. The number of carbonyl (C=O) groups excluding carboxylic acids is 2. The minimum absolute atomic E-state index is 0.0421. The smallest absolute Gasteiger partial charge is 0.377 e. The molecule has 1 aromatic carbocycles. The lowest BCUT2D eigenvalue weighted by Gasteiger charge is -2.51. The number of carbonyl (C=O) groups is 2. The molecule has 4 heterocycles. The number of nitrogens with zero attached hydrogens (tertiary/aromatic N) is 2. The van der Waals surface area contributed by atoms with E-state index in [1.54, 1.807) is 4.90 Å². The van der Waals surface area contributed by atoms with E-state index in [2.05, 4.69) is 5.32 Å². The first-order valence-electron chi connectivity index (χ1n) is 11.7. The Morgan fingerprint density at radius 2 is 1.94 bits per heavy atom. The van der Waals surface area contributed by atoms with Crippen LogP contribution in [0.15, 0.2) is 18.2 Å². The monoisotopic (exact) mass is 501 g/mol. The van der Waals surface area contributed by atoms with Crippen LogP contribution in [0.3, 0.4) is 0 Å². The Balaban J connectivity index is 1.20. The third kappa shape index (κ3) is 5.10. The Morgan fingerprint density at radius 3 is 2.63 bits per heavy atom. The van der Waals surface area contributed by atoms with Crippen molar-refractivity contribution in [2.24, 2.45) is 0 Å². The lowest BCUT2D eigenvalue weighted by molar-refractivity contribution is -0.140. The fraction of sp³-hybridized carbons (Fsp3) is 0.652. The summed E-state index contributed by atoms with van der Waals surface area (Å²) in [5, 5.41) is 2.90. The summed E-state index contributed by atoms with van der Waals surface area (Å²) in [6.45, 7) is 1.48. The topological polar surface area (TPSA) is 80.3 Å². The van der Waals surface area contributed by atoms with Crippen molar-refractivity contribution < 1.29 is 41.4 Å². The van der Waals surface area contributed by atoms with Crippen LogP contribution in [0.5, 0.6) is 0 Å². The highest BCUT2D eigenvalue weighted by molar-refractivity contribution is 5.79. The molecule has 0 saturated carbocycles. The fourth-order valence-electron chi connectivity index (χ4n) is 5.40. The molecule has 0 radical (unpaired) electrons. The molecule has 0 spiro atoms. The van der Waals surface area contributed by atoms with Gasteiger partial charge in [-0.1, -0.05) is 6.07 Å². The van der Waals surface area contributed by atoms with Crippen LogP contribution < -0.4 is 5.32 Å². The number of nitrogens with one attached hydrogen (secondary N) is 1. The van der Waals surface area contributed by atoms with Gasteiger partial charge in [0.15, 0.2) is 0 Å². The second-order valence-electron chi connectivity index (χ2n) is 9.50. The van der Waals surface area contributed by atoms with Crippen LogP contribution in [0.25, 0.3) is 0 Å². The van der Waals surface area contributed by atoms with Crippen LogP contribution in [0, 0.1) is 5.82 Å². The van der Waals surface area contributed by atoms with Crippen molar-refractivity contribution in [2.45, 2.75) is 62.4 Å². The second-order valence-corrected chi connectivity index (χ2v) is 9.50. The highest BCUT2D eigenvalue weighted by Gasteiger charge is 2.45. The summed E-state index contributed by atoms with van der Waals surface area (Å²) in [4.78, 5) is 28.7. The summed E-state index contributed by atoms with van der Waals surface area (Å²) in [7, 11) is 0. The van der Waals surface area contributed by atoms with E-state index in [9.17, 15) is 27.2 Å². The maximum Gasteiger partial charge on any atom is 0.416 e. The molecular formula is C23H27F4N3O5. The van der Waals surface area contributed by atoms with Crippen LogP contribution in [-0.2, 0) is 31.8 Å². The number of rotatable bonds is 3. The predicted molar refractivity (Wildman–Crippen MR) is 113 cm³/mol. The van der Waals surface area contributed by atoms with Crippen molar-refractivity contribution in [2.75, 3.05) is 32.9 Å². The SMILES string of the molecule is O=C1CO[C@H]2CCN(C(=O)N3[C@@H]4COC[C@H]3C[C@@H](OCc3ccc(C(F)(F)F)cc3F)C4)C[C@H]2N1. The lowest BCUT2D eigenvalue weighted by atomic mass is 9.91. The molecule has 35 heavy (non-hydrogen) atoms. The van der Waals surface area contributed by atoms with Crippen LogP contribution >= 0.6 is 0 Å². The number of piperidine rings is 2. The summed E-state index contributed by atoms with van der Waals surface area (Å²) >= 11 is 0. The number of urea groups is 1. The summed E-state index contributed by atoms with van der Waals surface area (Å²) in [5.41, 5.74) is -0.988. The number of amides is 3. The highest BCUT2D eigenvalue weighted by Crippen LogP contribution is 2.33. The Bertz CT molecular complexity index is 963. The number of fused-ring (bicyclic) bond motifs is 3. The van der Waals surface area contributed by atoms with Gasteiger partial charge in [0.25, 0.3) is 0 Å². The van der Waals surface area contributed by atoms with Crippen molar-refractivity contribution in [1.82, 2.24) is 15.1 Å².